The van der Waals surface area contributed by atoms with E-state index in [9.17, 15) is 9.18 Å². The summed E-state index contributed by atoms with van der Waals surface area (Å²) in [6.45, 7) is 8.61. The highest BCUT2D eigenvalue weighted by atomic mass is 35.5. The SMILES string of the molecule is CC(C)(C)N1CCC(c2cc(C3CC=C(F)C=C3F)c3c(c2)N(c2c(Cl)cccc2Cl)C(=O)CC3)CC1. The van der Waals surface area contributed by atoms with Crippen LogP contribution in [0.3, 0.4) is 0 Å². The number of benzene rings is 2. The van der Waals surface area contributed by atoms with Crippen LogP contribution in [0.15, 0.2) is 54.1 Å². The Bertz CT molecular complexity index is 1270. The van der Waals surface area contributed by atoms with Crippen molar-refractivity contribution < 1.29 is 13.6 Å². The highest BCUT2D eigenvalue weighted by Gasteiger charge is 2.35. The molecule has 3 nitrogen and oxygen atoms in total. The highest BCUT2D eigenvalue weighted by molar-refractivity contribution is 6.40. The van der Waals surface area contributed by atoms with Crippen molar-refractivity contribution in [2.24, 2.45) is 0 Å². The average Bonchev–Trinajstić information content (AvgIpc) is 2.84. The molecule has 2 aromatic rings. The fourth-order valence-electron chi connectivity index (χ4n) is 5.94. The molecule has 5 rings (SSSR count). The van der Waals surface area contributed by atoms with Gasteiger partial charge in [0.1, 0.15) is 11.7 Å². The largest absolute Gasteiger partial charge is 0.298 e. The van der Waals surface area contributed by atoms with Crippen molar-refractivity contribution in [3.05, 3.63) is 80.9 Å². The Morgan fingerprint density at radius 2 is 1.68 bits per heavy atom. The molecule has 1 atom stereocenters. The molecule has 1 aliphatic carbocycles. The van der Waals surface area contributed by atoms with Gasteiger partial charge in [-0.2, -0.15) is 0 Å². The lowest BCUT2D eigenvalue weighted by molar-refractivity contribution is -0.118. The lowest BCUT2D eigenvalue weighted by Gasteiger charge is -2.41. The maximum Gasteiger partial charge on any atom is 0.231 e. The van der Waals surface area contributed by atoms with Crippen molar-refractivity contribution in [3.8, 4) is 0 Å². The maximum absolute atomic E-state index is 15.2. The predicted octanol–water partition coefficient (Wildman–Crippen LogP) is 8.78. The van der Waals surface area contributed by atoms with Crippen molar-refractivity contribution in [3.63, 3.8) is 0 Å². The minimum absolute atomic E-state index is 0.0984. The summed E-state index contributed by atoms with van der Waals surface area (Å²) in [5, 5.41) is 0.765. The van der Waals surface area contributed by atoms with Crippen molar-refractivity contribution in [1.29, 1.82) is 0 Å². The number of halogens is 4. The third kappa shape index (κ3) is 5.10. The van der Waals surface area contributed by atoms with Crippen LogP contribution in [0, 0.1) is 0 Å². The van der Waals surface area contributed by atoms with Gasteiger partial charge in [-0.3, -0.25) is 14.6 Å². The molecule has 0 radical (unpaired) electrons. The second-order valence-electron chi connectivity index (χ2n) is 11.2. The standard InChI is InChI=1S/C30H32Cl2F2N2O/c1-30(2,3)35-13-11-18(12-14-35)19-15-23(21-8-7-20(33)17-26(21)34)22-9-10-28(37)36(27(22)16-19)29-24(31)5-4-6-25(29)32/h4-7,15-18,21H,8-14H2,1-3H3. The van der Waals surface area contributed by atoms with Crippen LogP contribution in [0.1, 0.15) is 75.0 Å². The van der Waals surface area contributed by atoms with Gasteiger partial charge in [-0.25, -0.2) is 8.78 Å². The van der Waals surface area contributed by atoms with Crippen molar-refractivity contribution in [2.45, 2.75) is 70.3 Å². The zero-order valence-corrected chi connectivity index (χ0v) is 23.0. The number of rotatable bonds is 3. The first-order valence-electron chi connectivity index (χ1n) is 13.0. The Labute approximate surface area is 227 Å². The molecule has 2 aliphatic heterocycles. The number of anilines is 2. The van der Waals surface area contributed by atoms with Gasteiger partial charge >= 0.3 is 0 Å². The van der Waals surface area contributed by atoms with Crippen molar-refractivity contribution in [1.82, 2.24) is 4.90 Å². The third-order valence-corrected chi connectivity index (χ3v) is 8.58. The molecule has 0 spiro atoms. The molecule has 2 aromatic carbocycles. The van der Waals surface area contributed by atoms with Crippen LogP contribution in [0.25, 0.3) is 0 Å². The summed E-state index contributed by atoms with van der Waals surface area (Å²) >= 11 is 13.1. The van der Waals surface area contributed by atoms with Gasteiger partial charge in [0.2, 0.25) is 5.91 Å². The molecular weight excluding hydrogens is 513 g/mol. The number of fused-ring (bicyclic) bond motifs is 1. The van der Waals surface area contributed by atoms with Gasteiger partial charge in [0, 0.05) is 24.0 Å². The maximum atomic E-state index is 15.2. The molecule has 37 heavy (non-hydrogen) atoms. The number of carbonyl (C=O) groups is 1. The number of amides is 1. The Morgan fingerprint density at radius 3 is 2.30 bits per heavy atom. The minimum Gasteiger partial charge on any atom is -0.298 e. The van der Waals surface area contributed by atoms with E-state index in [2.05, 4.69) is 37.8 Å². The summed E-state index contributed by atoms with van der Waals surface area (Å²) in [5.41, 5.74) is 4.06. The molecule has 1 saturated heterocycles. The summed E-state index contributed by atoms with van der Waals surface area (Å²) in [6, 6.07) is 9.36. The molecule has 2 heterocycles. The predicted molar refractivity (Wildman–Crippen MR) is 147 cm³/mol. The topological polar surface area (TPSA) is 23.6 Å². The van der Waals surface area contributed by atoms with Crippen LogP contribution in [-0.2, 0) is 11.2 Å². The van der Waals surface area contributed by atoms with Gasteiger partial charge < -0.3 is 0 Å². The number of hydrogen-bond acceptors (Lipinski definition) is 2. The smallest absolute Gasteiger partial charge is 0.231 e. The van der Waals surface area contributed by atoms with Crippen molar-refractivity contribution in [2.75, 3.05) is 18.0 Å². The Balaban J connectivity index is 1.64. The molecular formula is C30H32Cl2F2N2O. The minimum atomic E-state index is -0.584. The first kappa shape index (κ1) is 26.4. The Kier molecular flexibility index (Phi) is 7.25. The molecule has 1 amide bonds. The van der Waals surface area contributed by atoms with Gasteiger partial charge in [-0.15, -0.1) is 0 Å². The lowest BCUT2D eigenvalue weighted by atomic mass is 9.79. The fraction of sp³-hybridized carbons (Fsp3) is 0.433. The van der Waals surface area contributed by atoms with E-state index in [1.807, 2.05) is 0 Å². The van der Waals surface area contributed by atoms with E-state index in [0.717, 1.165) is 48.7 Å². The zero-order valence-electron chi connectivity index (χ0n) is 21.5. The van der Waals surface area contributed by atoms with Gasteiger partial charge in [-0.05, 0) is 106 Å². The molecule has 7 heteroatoms. The molecule has 0 saturated carbocycles. The van der Waals surface area contributed by atoms with Crippen LogP contribution >= 0.6 is 23.2 Å². The van der Waals surface area contributed by atoms with Gasteiger partial charge in [-0.1, -0.05) is 35.3 Å². The highest BCUT2D eigenvalue weighted by Crippen LogP contribution is 2.48. The molecule has 0 N–H and O–H groups in total. The number of para-hydroxylation sites is 1. The van der Waals surface area contributed by atoms with E-state index >= 15 is 4.39 Å². The molecule has 1 fully saturated rings. The zero-order chi connectivity index (χ0) is 26.5. The Hall–Kier alpha value is -2.21. The summed E-state index contributed by atoms with van der Waals surface area (Å²) in [7, 11) is 0. The number of nitrogens with zero attached hydrogens (tertiary/aromatic N) is 2. The molecule has 0 aromatic heterocycles. The molecule has 3 aliphatic rings. The first-order chi connectivity index (χ1) is 17.5. The van der Waals surface area contributed by atoms with Crippen molar-refractivity contribution >= 4 is 40.5 Å². The summed E-state index contributed by atoms with van der Waals surface area (Å²) in [4.78, 5) is 17.5. The number of allylic oxidation sites excluding steroid dienone is 4. The number of carbonyl (C=O) groups excluding carboxylic acids is 1. The molecule has 1 unspecified atom stereocenters. The van der Waals surface area contributed by atoms with Crippen LogP contribution in [0.5, 0.6) is 0 Å². The number of hydrogen-bond donors (Lipinski definition) is 0. The molecule has 0 bridgehead atoms. The van der Waals surface area contributed by atoms with E-state index in [4.69, 9.17) is 23.2 Å². The lowest BCUT2D eigenvalue weighted by Crippen LogP contribution is -2.45. The van der Waals surface area contributed by atoms with E-state index in [0.29, 0.717) is 27.8 Å². The second kappa shape index (κ2) is 10.2. The van der Waals surface area contributed by atoms with Crippen LogP contribution < -0.4 is 4.90 Å². The monoisotopic (exact) mass is 544 g/mol. The third-order valence-electron chi connectivity index (χ3n) is 7.97. The van der Waals surface area contributed by atoms with E-state index in [-0.39, 0.29) is 30.2 Å². The summed E-state index contributed by atoms with van der Waals surface area (Å²) < 4.78 is 29.0. The van der Waals surface area contributed by atoms with Crippen LogP contribution in [0.2, 0.25) is 10.0 Å². The number of likely N-dealkylation sites (tertiary alicyclic amines) is 1. The average molecular weight is 546 g/mol. The van der Waals surface area contributed by atoms with E-state index < -0.39 is 17.6 Å². The summed E-state index contributed by atoms with van der Waals surface area (Å²) in [5.74, 6) is -1.45. The Morgan fingerprint density at radius 1 is 1.00 bits per heavy atom. The quantitative estimate of drug-likeness (QED) is 0.385. The van der Waals surface area contributed by atoms with E-state index in [1.54, 1.807) is 23.1 Å². The number of piperidine rings is 1. The normalized spacial score (nSPS) is 21.5. The molecule has 196 valence electrons. The van der Waals surface area contributed by atoms with Gasteiger partial charge in [0.15, 0.2) is 0 Å². The fourth-order valence-corrected chi connectivity index (χ4v) is 6.51. The van der Waals surface area contributed by atoms with Crippen LogP contribution in [0.4, 0.5) is 20.2 Å². The van der Waals surface area contributed by atoms with E-state index in [1.165, 1.54) is 6.08 Å². The first-order valence-corrected chi connectivity index (χ1v) is 13.7. The van der Waals surface area contributed by atoms with Gasteiger partial charge in [0.05, 0.1) is 21.4 Å². The summed E-state index contributed by atoms with van der Waals surface area (Å²) in [6.07, 6.45) is 5.33. The van der Waals surface area contributed by atoms with Crippen LogP contribution in [-0.4, -0.2) is 29.4 Å². The second-order valence-corrected chi connectivity index (χ2v) is 12.1. The van der Waals surface area contributed by atoms with Gasteiger partial charge in [0.25, 0.3) is 0 Å².